The zero-order valence-corrected chi connectivity index (χ0v) is 18.3. The van der Waals surface area contributed by atoms with Crippen molar-refractivity contribution in [2.24, 2.45) is 0 Å². The highest BCUT2D eigenvalue weighted by Crippen LogP contribution is 2.44. The molecule has 0 radical (unpaired) electrons. The number of hydrogen-bond acceptors (Lipinski definition) is 4. The van der Waals surface area contributed by atoms with Gasteiger partial charge in [0, 0.05) is 5.92 Å². The second-order valence-corrected chi connectivity index (χ2v) is 8.02. The van der Waals surface area contributed by atoms with Gasteiger partial charge in [0.2, 0.25) is 0 Å². The highest BCUT2D eigenvalue weighted by atomic mass is 16.5. The SMILES string of the molecule is O=C(NC(CCCCOc1ccccc1)C(=O)O)OCC1c2ccccc2-c2ccccc21. The molecule has 6 heteroatoms. The van der Waals surface area contributed by atoms with E-state index in [0.717, 1.165) is 28.0 Å². The van der Waals surface area contributed by atoms with Crippen LogP contribution in [0.25, 0.3) is 11.1 Å². The third-order valence-electron chi connectivity index (χ3n) is 5.83. The van der Waals surface area contributed by atoms with E-state index in [1.807, 2.05) is 66.7 Å². The first kappa shape index (κ1) is 22.4. The van der Waals surface area contributed by atoms with E-state index < -0.39 is 18.1 Å². The maximum Gasteiger partial charge on any atom is 0.407 e. The minimum Gasteiger partial charge on any atom is -0.494 e. The second-order valence-electron chi connectivity index (χ2n) is 8.02. The van der Waals surface area contributed by atoms with Crippen molar-refractivity contribution >= 4 is 12.1 Å². The summed E-state index contributed by atoms with van der Waals surface area (Å²) in [7, 11) is 0. The number of aliphatic carboxylic acids is 1. The van der Waals surface area contributed by atoms with Crippen molar-refractivity contribution in [1.82, 2.24) is 5.32 Å². The lowest BCUT2D eigenvalue weighted by molar-refractivity contribution is -0.139. The zero-order chi connectivity index (χ0) is 23.0. The van der Waals surface area contributed by atoms with Crippen molar-refractivity contribution in [2.45, 2.75) is 31.2 Å². The average Bonchev–Trinajstić information content (AvgIpc) is 3.16. The van der Waals surface area contributed by atoms with E-state index in [9.17, 15) is 14.7 Å². The lowest BCUT2D eigenvalue weighted by atomic mass is 9.98. The Morgan fingerprint density at radius 1 is 0.848 bits per heavy atom. The molecular weight excluding hydrogens is 418 g/mol. The molecule has 0 heterocycles. The predicted molar refractivity (Wildman–Crippen MR) is 125 cm³/mol. The van der Waals surface area contributed by atoms with E-state index in [-0.39, 0.29) is 12.5 Å². The molecule has 1 unspecified atom stereocenters. The molecule has 6 nitrogen and oxygen atoms in total. The van der Waals surface area contributed by atoms with Gasteiger partial charge in [-0.1, -0.05) is 66.7 Å². The summed E-state index contributed by atoms with van der Waals surface area (Å²) < 4.78 is 11.1. The van der Waals surface area contributed by atoms with Crippen molar-refractivity contribution in [1.29, 1.82) is 0 Å². The van der Waals surface area contributed by atoms with Gasteiger partial charge in [-0.2, -0.15) is 0 Å². The number of unbranched alkanes of at least 4 members (excludes halogenated alkanes) is 1. The van der Waals surface area contributed by atoms with Gasteiger partial charge in [-0.25, -0.2) is 9.59 Å². The van der Waals surface area contributed by atoms with Crippen molar-refractivity contribution in [3.63, 3.8) is 0 Å². The number of carbonyl (C=O) groups is 2. The maximum absolute atomic E-state index is 12.4. The molecule has 3 aromatic rings. The molecular formula is C27H27NO5. The molecule has 0 aromatic heterocycles. The van der Waals surface area contributed by atoms with Gasteiger partial charge in [0.05, 0.1) is 6.61 Å². The van der Waals surface area contributed by atoms with Crippen LogP contribution in [0.1, 0.15) is 36.3 Å². The fraction of sp³-hybridized carbons (Fsp3) is 0.259. The van der Waals surface area contributed by atoms with Crippen LogP contribution in [0.15, 0.2) is 78.9 Å². The van der Waals surface area contributed by atoms with Gasteiger partial charge in [-0.05, 0) is 53.6 Å². The Labute approximate surface area is 193 Å². The number of ether oxygens (including phenoxy) is 2. The van der Waals surface area contributed by atoms with Gasteiger partial charge in [0.15, 0.2) is 0 Å². The summed E-state index contributed by atoms with van der Waals surface area (Å²) in [5.74, 6) is -0.363. The smallest absolute Gasteiger partial charge is 0.407 e. The number of benzene rings is 3. The number of rotatable bonds is 10. The van der Waals surface area contributed by atoms with E-state index in [2.05, 4.69) is 17.4 Å². The third-order valence-corrected chi connectivity index (χ3v) is 5.83. The normalized spacial score (nSPS) is 13.0. The predicted octanol–water partition coefficient (Wildman–Crippen LogP) is 5.23. The summed E-state index contributed by atoms with van der Waals surface area (Å²) in [4.78, 5) is 24.0. The van der Waals surface area contributed by atoms with Gasteiger partial charge in [0.25, 0.3) is 0 Å². The summed E-state index contributed by atoms with van der Waals surface area (Å²) in [6, 6.07) is 24.6. The van der Waals surface area contributed by atoms with Gasteiger partial charge >= 0.3 is 12.1 Å². The number of fused-ring (bicyclic) bond motifs is 3. The number of carboxylic acids is 1. The fourth-order valence-corrected chi connectivity index (χ4v) is 4.20. The van der Waals surface area contributed by atoms with Crippen molar-refractivity contribution in [3.8, 4) is 16.9 Å². The number of amides is 1. The molecule has 33 heavy (non-hydrogen) atoms. The minimum atomic E-state index is -1.08. The highest BCUT2D eigenvalue weighted by molar-refractivity contribution is 5.81. The summed E-state index contributed by atoms with van der Waals surface area (Å²) in [6.45, 7) is 0.637. The quantitative estimate of drug-likeness (QED) is 0.418. The minimum absolute atomic E-state index is 0.0680. The van der Waals surface area contributed by atoms with Gasteiger partial charge in [-0.3, -0.25) is 0 Å². The van der Waals surface area contributed by atoms with Crippen LogP contribution in [0.4, 0.5) is 4.79 Å². The lowest BCUT2D eigenvalue weighted by Gasteiger charge is -2.17. The fourth-order valence-electron chi connectivity index (χ4n) is 4.20. The summed E-state index contributed by atoms with van der Waals surface area (Å²) in [6.07, 6.45) is 0.876. The monoisotopic (exact) mass is 445 g/mol. The van der Waals surface area contributed by atoms with Crippen LogP contribution < -0.4 is 10.1 Å². The standard InChI is InChI=1S/C27H27NO5/c29-26(30)25(16-8-9-17-32-19-10-2-1-3-11-19)28-27(31)33-18-24-22-14-6-4-12-20(22)21-13-5-7-15-23(21)24/h1-7,10-15,24-25H,8-9,16-18H2,(H,28,31)(H,29,30). The number of para-hydroxylation sites is 1. The van der Waals surface area contributed by atoms with E-state index in [1.54, 1.807) is 0 Å². The van der Waals surface area contributed by atoms with Gasteiger partial charge < -0.3 is 19.9 Å². The van der Waals surface area contributed by atoms with Crippen molar-refractivity contribution in [2.75, 3.05) is 13.2 Å². The molecule has 1 aliphatic carbocycles. The van der Waals surface area contributed by atoms with Crippen LogP contribution in [0, 0.1) is 0 Å². The van der Waals surface area contributed by atoms with Gasteiger partial charge in [-0.15, -0.1) is 0 Å². The maximum atomic E-state index is 12.4. The third kappa shape index (κ3) is 5.52. The average molecular weight is 446 g/mol. The summed E-state index contributed by atoms with van der Waals surface area (Å²) >= 11 is 0. The number of carboxylic acid groups (broad SMARTS) is 1. The number of alkyl carbamates (subject to hydrolysis) is 1. The first-order valence-electron chi connectivity index (χ1n) is 11.2. The second kappa shape index (κ2) is 10.7. The lowest BCUT2D eigenvalue weighted by Crippen LogP contribution is -2.41. The molecule has 170 valence electrons. The Morgan fingerprint density at radius 3 is 2.09 bits per heavy atom. The van der Waals surface area contributed by atoms with E-state index in [4.69, 9.17) is 9.47 Å². The Morgan fingerprint density at radius 2 is 1.45 bits per heavy atom. The molecule has 2 N–H and O–H groups in total. The summed E-state index contributed by atoms with van der Waals surface area (Å²) in [5.41, 5.74) is 4.51. The Kier molecular flexibility index (Phi) is 7.25. The first-order chi connectivity index (χ1) is 16.1. The molecule has 0 bridgehead atoms. The highest BCUT2D eigenvalue weighted by Gasteiger charge is 2.29. The summed E-state index contributed by atoms with van der Waals surface area (Å²) in [5, 5.41) is 12.0. The number of hydrogen-bond donors (Lipinski definition) is 2. The molecule has 1 amide bonds. The topological polar surface area (TPSA) is 84.9 Å². The van der Waals surface area contributed by atoms with Crippen LogP contribution in [-0.4, -0.2) is 36.4 Å². The Balaban J connectivity index is 1.26. The van der Waals surface area contributed by atoms with Crippen LogP contribution in [0.5, 0.6) is 5.75 Å². The molecule has 0 spiro atoms. The largest absolute Gasteiger partial charge is 0.494 e. The zero-order valence-electron chi connectivity index (χ0n) is 18.3. The van der Waals surface area contributed by atoms with Crippen molar-refractivity contribution < 1.29 is 24.2 Å². The van der Waals surface area contributed by atoms with E-state index in [0.29, 0.717) is 25.9 Å². The number of carbonyl (C=O) groups excluding carboxylic acids is 1. The van der Waals surface area contributed by atoms with Crippen LogP contribution in [0.2, 0.25) is 0 Å². The Bertz CT molecular complexity index is 1050. The van der Waals surface area contributed by atoms with E-state index >= 15 is 0 Å². The molecule has 0 fully saturated rings. The molecule has 3 aromatic carbocycles. The van der Waals surface area contributed by atoms with E-state index in [1.165, 1.54) is 0 Å². The van der Waals surface area contributed by atoms with Crippen LogP contribution >= 0.6 is 0 Å². The number of nitrogens with one attached hydrogen (secondary N) is 1. The van der Waals surface area contributed by atoms with Crippen LogP contribution in [-0.2, 0) is 9.53 Å². The molecule has 0 saturated carbocycles. The Hall–Kier alpha value is -3.80. The van der Waals surface area contributed by atoms with Crippen LogP contribution in [0.3, 0.4) is 0 Å². The van der Waals surface area contributed by atoms with Gasteiger partial charge in [0.1, 0.15) is 18.4 Å². The molecule has 0 saturated heterocycles. The molecule has 0 aliphatic heterocycles. The molecule has 1 aliphatic rings. The molecule has 1 atom stereocenters. The van der Waals surface area contributed by atoms with Crippen molar-refractivity contribution in [3.05, 3.63) is 90.0 Å². The molecule has 4 rings (SSSR count). The first-order valence-corrected chi connectivity index (χ1v) is 11.2.